The molecule has 0 saturated carbocycles. The summed E-state index contributed by atoms with van der Waals surface area (Å²) in [6, 6.07) is 7.31. The van der Waals surface area contributed by atoms with Crippen molar-refractivity contribution in [1.29, 1.82) is 0 Å². The van der Waals surface area contributed by atoms with Crippen LogP contribution >= 0.6 is 0 Å². The topological polar surface area (TPSA) is 95.9 Å². The zero-order chi connectivity index (χ0) is 14.8. The number of benzene rings is 1. The van der Waals surface area contributed by atoms with E-state index in [4.69, 9.17) is 14.9 Å². The highest BCUT2D eigenvalue weighted by atomic mass is 16.5. The van der Waals surface area contributed by atoms with Gasteiger partial charge in [0.2, 0.25) is 0 Å². The van der Waals surface area contributed by atoms with Crippen molar-refractivity contribution < 1.29 is 24.5 Å². The molecule has 0 fully saturated rings. The van der Waals surface area contributed by atoms with Crippen LogP contribution in [0.15, 0.2) is 24.3 Å². The number of aliphatic carboxylic acids is 2. The molecule has 1 rings (SSSR count). The fraction of sp³-hybridized carbons (Fsp3) is 0.429. The first-order chi connectivity index (χ1) is 9.59. The smallest absolute Gasteiger partial charge is 0.303 e. The summed E-state index contributed by atoms with van der Waals surface area (Å²) in [6.07, 6.45) is 1.17. The van der Waals surface area contributed by atoms with Gasteiger partial charge >= 0.3 is 11.9 Å². The molecule has 0 bridgehead atoms. The molecule has 3 N–H and O–H groups in total. The Labute approximate surface area is 117 Å². The van der Waals surface area contributed by atoms with Gasteiger partial charge in [-0.2, -0.15) is 0 Å². The number of ether oxygens (including phenoxy) is 1. The molecule has 0 spiro atoms. The molecule has 0 radical (unpaired) electrons. The standard InChI is InChI=1S/C14H19NO5/c16-13(17)7-3-9-15-11-5-1-2-6-12(11)20-10-4-8-14(18)19/h1-2,5-6,15H,3-4,7-10H2,(H,16,17)(H,18,19). The molecular formula is C14H19NO5. The van der Waals surface area contributed by atoms with Crippen molar-refractivity contribution in [2.75, 3.05) is 18.5 Å². The van der Waals surface area contributed by atoms with E-state index in [0.717, 1.165) is 5.69 Å². The lowest BCUT2D eigenvalue weighted by molar-refractivity contribution is -0.138. The summed E-state index contributed by atoms with van der Waals surface area (Å²) in [5.41, 5.74) is 0.785. The highest BCUT2D eigenvalue weighted by molar-refractivity contribution is 5.67. The minimum Gasteiger partial charge on any atom is -0.491 e. The highest BCUT2D eigenvalue weighted by Crippen LogP contribution is 2.23. The van der Waals surface area contributed by atoms with Crippen molar-refractivity contribution >= 4 is 17.6 Å². The molecule has 0 aliphatic rings. The Morgan fingerprint density at radius 3 is 2.40 bits per heavy atom. The van der Waals surface area contributed by atoms with Crippen LogP contribution < -0.4 is 10.1 Å². The average molecular weight is 281 g/mol. The minimum absolute atomic E-state index is 0.0776. The van der Waals surface area contributed by atoms with Gasteiger partial charge in [0.15, 0.2) is 0 Å². The van der Waals surface area contributed by atoms with E-state index in [-0.39, 0.29) is 12.8 Å². The van der Waals surface area contributed by atoms with E-state index in [2.05, 4.69) is 5.32 Å². The minimum atomic E-state index is -0.839. The monoisotopic (exact) mass is 281 g/mol. The van der Waals surface area contributed by atoms with Crippen LogP contribution in [0.4, 0.5) is 5.69 Å². The number of nitrogens with one attached hydrogen (secondary N) is 1. The van der Waals surface area contributed by atoms with Gasteiger partial charge in [-0.05, 0) is 25.0 Å². The van der Waals surface area contributed by atoms with Gasteiger partial charge in [-0.25, -0.2) is 0 Å². The largest absolute Gasteiger partial charge is 0.491 e. The van der Waals surface area contributed by atoms with Crippen LogP contribution in [0.2, 0.25) is 0 Å². The molecule has 0 saturated heterocycles. The van der Waals surface area contributed by atoms with E-state index in [1.807, 2.05) is 18.2 Å². The van der Waals surface area contributed by atoms with Crippen LogP contribution in [0, 0.1) is 0 Å². The number of hydrogen-bond donors (Lipinski definition) is 3. The van der Waals surface area contributed by atoms with Gasteiger partial charge in [0.05, 0.1) is 12.3 Å². The van der Waals surface area contributed by atoms with Crippen LogP contribution in [0.1, 0.15) is 25.7 Å². The van der Waals surface area contributed by atoms with E-state index in [9.17, 15) is 9.59 Å². The van der Waals surface area contributed by atoms with Crippen LogP contribution in [0.25, 0.3) is 0 Å². The fourth-order valence-corrected chi connectivity index (χ4v) is 1.61. The number of carbonyl (C=O) groups is 2. The highest BCUT2D eigenvalue weighted by Gasteiger charge is 2.04. The molecule has 6 heteroatoms. The molecule has 0 aliphatic carbocycles. The second-order valence-corrected chi connectivity index (χ2v) is 4.27. The van der Waals surface area contributed by atoms with E-state index in [0.29, 0.717) is 31.7 Å². The normalized spacial score (nSPS) is 10.0. The quantitative estimate of drug-likeness (QED) is 0.569. The molecule has 1 aromatic carbocycles. The molecular weight excluding hydrogens is 262 g/mol. The Morgan fingerprint density at radius 2 is 1.70 bits per heavy atom. The Bertz CT molecular complexity index is 406. The van der Waals surface area contributed by atoms with Crippen LogP contribution in [-0.2, 0) is 9.59 Å². The number of rotatable bonds is 10. The van der Waals surface area contributed by atoms with Gasteiger partial charge in [0, 0.05) is 19.4 Å². The molecule has 0 amide bonds. The van der Waals surface area contributed by atoms with Crippen molar-refractivity contribution in [2.24, 2.45) is 0 Å². The summed E-state index contributed by atoms with van der Waals surface area (Å²) in [4.78, 5) is 20.8. The van der Waals surface area contributed by atoms with Gasteiger partial charge in [0.1, 0.15) is 5.75 Å². The molecule has 1 aromatic rings. The molecule has 20 heavy (non-hydrogen) atoms. The van der Waals surface area contributed by atoms with E-state index in [1.54, 1.807) is 6.07 Å². The first-order valence-corrected chi connectivity index (χ1v) is 6.49. The van der Waals surface area contributed by atoms with Crippen molar-refractivity contribution in [3.63, 3.8) is 0 Å². The molecule has 6 nitrogen and oxygen atoms in total. The second kappa shape index (κ2) is 8.79. The summed E-state index contributed by atoms with van der Waals surface area (Å²) in [6.45, 7) is 0.877. The van der Waals surface area contributed by atoms with Crippen LogP contribution in [0.5, 0.6) is 5.75 Å². The van der Waals surface area contributed by atoms with Gasteiger partial charge in [-0.3, -0.25) is 9.59 Å². The zero-order valence-electron chi connectivity index (χ0n) is 11.2. The third kappa shape index (κ3) is 6.63. The molecule has 0 heterocycles. The van der Waals surface area contributed by atoms with Crippen molar-refractivity contribution in [1.82, 2.24) is 0 Å². The number of para-hydroxylation sites is 2. The lowest BCUT2D eigenvalue weighted by Crippen LogP contribution is -2.07. The van der Waals surface area contributed by atoms with Crippen molar-refractivity contribution in [3.05, 3.63) is 24.3 Å². The summed E-state index contributed by atoms with van der Waals surface area (Å²) in [5, 5.41) is 20.2. The predicted octanol–water partition coefficient (Wildman–Crippen LogP) is 2.21. The maximum atomic E-state index is 10.4. The Hall–Kier alpha value is -2.24. The number of carboxylic acid groups (broad SMARTS) is 2. The zero-order valence-corrected chi connectivity index (χ0v) is 11.2. The third-order valence-electron chi connectivity index (χ3n) is 2.56. The first kappa shape index (κ1) is 15.8. The summed E-state index contributed by atoms with van der Waals surface area (Å²) in [7, 11) is 0. The maximum absolute atomic E-state index is 10.4. The van der Waals surface area contributed by atoms with Gasteiger partial charge in [-0.15, -0.1) is 0 Å². The lowest BCUT2D eigenvalue weighted by Gasteiger charge is -2.12. The molecule has 110 valence electrons. The summed E-state index contributed by atoms with van der Waals surface area (Å²) in [5.74, 6) is -1.01. The van der Waals surface area contributed by atoms with Crippen LogP contribution in [-0.4, -0.2) is 35.3 Å². The van der Waals surface area contributed by atoms with E-state index >= 15 is 0 Å². The Balaban J connectivity index is 2.38. The average Bonchev–Trinajstić information content (AvgIpc) is 2.40. The fourth-order valence-electron chi connectivity index (χ4n) is 1.61. The second-order valence-electron chi connectivity index (χ2n) is 4.27. The van der Waals surface area contributed by atoms with E-state index < -0.39 is 11.9 Å². The molecule has 0 aromatic heterocycles. The maximum Gasteiger partial charge on any atom is 0.303 e. The van der Waals surface area contributed by atoms with Gasteiger partial charge < -0.3 is 20.3 Å². The SMILES string of the molecule is O=C(O)CCCNc1ccccc1OCCCC(=O)O. The number of carboxylic acids is 2. The predicted molar refractivity (Wildman–Crippen MR) is 74.2 cm³/mol. The van der Waals surface area contributed by atoms with Gasteiger partial charge in [0.25, 0.3) is 0 Å². The van der Waals surface area contributed by atoms with Crippen molar-refractivity contribution in [2.45, 2.75) is 25.7 Å². The third-order valence-corrected chi connectivity index (χ3v) is 2.56. The lowest BCUT2D eigenvalue weighted by atomic mass is 10.2. The molecule has 0 aliphatic heterocycles. The van der Waals surface area contributed by atoms with E-state index in [1.165, 1.54) is 0 Å². The number of anilines is 1. The first-order valence-electron chi connectivity index (χ1n) is 6.49. The van der Waals surface area contributed by atoms with Crippen LogP contribution in [0.3, 0.4) is 0 Å². The molecule has 0 unspecified atom stereocenters. The van der Waals surface area contributed by atoms with Crippen molar-refractivity contribution in [3.8, 4) is 5.75 Å². The Morgan fingerprint density at radius 1 is 1.05 bits per heavy atom. The summed E-state index contributed by atoms with van der Waals surface area (Å²) < 4.78 is 5.52. The number of hydrogen-bond acceptors (Lipinski definition) is 4. The molecule has 0 atom stereocenters. The summed E-state index contributed by atoms with van der Waals surface area (Å²) >= 11 is 0. The Kier molecular flexibility index (Phi) is 6.95. The van der Waals surface area contributed by atoms with Gasteiger partial charge in [-0.1, -0.05) is 12.1 Å².